The Hall–Kier alpha value is -2.40. The first kappa shape index (κ1) is 12.6. The largest absolute Gasteiger partial charge is 0.384 e. The molecule has 0 aliphatic rings. The SMILES string of the molecule is OC(c1cc(F)cc(F)c1)c1cccc2nccnc12. The third-order valence-corrected chi connectivity index (χ3v) is 3.03. The first-order valence-corrected chi connectivity index (χ1v) is 5.99. The second-order valence-electron chi connectivity index (χ2n) is 4.38. The standard InChI is InChI=1S/C15H10F2N2O/c16-10-6-9(7-11(17)8-10)15(20)12-2-1-3-13-14(12)19-5-4-18-13/h1-8,15,20H. The molecule has 1 N–H and O–H groups in total. The van der Waals surface area contributed by atoms with Gasteiger partial charge in [-0.15, -0.1) is 0 Å². The quantitative estimate of drug-likeness (QED) is 0.780. The fourth-order valence-corrected chi connectivity index (χ4v) is 2.15. The van der Waals surface area contributed by atoms with Gasteiger partial charge in [-0.2, -0.15) is 0 Å². The second kappa shape index (κ2) is 4.94. The lowest BCUT2D eigenvalue weighted by Gasteiger charge is -2.13. The highest BCUT2D eigenvalue weighted by Gasteiger charge is 2.16. The van der Waals surface area contributed by atoms with Gasteiger partial charge in [-0.25, -0.2) is 8.78 Å². The van der Waals surface area contributed by atoms with E-state index >= 15 is 0 Å². The van der Waals surface area contributed by atoms with E-state index in [1.54, 1.807) is 24.4 Å². The van der Waals surface area contributed by atoms with Crippen LogP contribution < -0.4 is 0 Å². The van der Waals surface area contributed by atoms with Crippen molar-refractivity contribution in [3.05, 3.63) is 71.6 Å². The number of hydrogen-bond donors (Lipinski definition) is 1. The number of aliphatic hydroxyl groups is 1. The number of nitrogens with zero attached hydrogens (tertiary/aromatic N) is 2. The van der Waals surface area contributed by atoms with Crippen LogP contribution in [0.25, 0.3) is 11.0 Å². The predicted molar refractivity (Wildman–Crippen MR) is 70.0 cm³/mol. The van der Waals surface area contributed by atoms with Crippen molar-refractivity contribution in [1.82, 2.24) is 9.97 Å². The van der Waals surface area contributed by atoms with E-state index in [-0.39, 0.29) is 5.56 Å². The molecule has 2 aromatic carbocycles. The van der Waals surface area contributed by atoms with Crippen molar-refractivity contribution in [2.24, 2.45) is 0 Å². The zero-order valence-corrected chi connectivity index (χ0v) is 10.3. The van der Waals surface area contributed by atoms with E-state index in [0.717, 1.165) is 18.2 Å². The molecule has 100 valence electrons. The van der Waals surface area contributed by atoms with Crippen LogP contribution in [0, 0.1) is 11.6 Å². The molecular weight excluding hydrogens is 262 g/mol. The van der Waals surface area contributed by atoms with E-state index < -0.39 is 17.7 Å². The summed E-state index contributed by atoms with van der Waals surface area (Å²) in [6.07, 6.45) is 1.88. The van der Waals surface area contributed by atoms with Crippen LogP contribution in [0.1, 0.15) is 17.2 Å². The van der Waals surface area contributed by atoms with Crippen LogP contribution in [0.4, 0.5) is 8.78 Å². The van der Waals surface area contributed by atoms with Crippen molar-refractivity contribution in [2.75, 3.05) is 0 Å². The third kappa shape index (κ3) is 2.23. The molecular formula is C15H10F2N2O. The van der Waals surface area contributed by atoms with Gasteiger partial charge >= 0.3 is 0 Å². The summed E-state index contributed by atoms with van der Waals surface area (Å²) in [7, 11) is 0. The normalized spacial score (nSPS) is 12.6. The first-order valence-electron chi connectivity index (χ1n) is 5.99. The number of halogens is 2. The number of rotatable bonds is 2. The molecule has 1 unspecified atom stereocenters. The summed E-state index contributed by atoms with van der Waals surface area (Å²) in [5.41, 5.74) is 1.72. The number of fused-ring (bicyclic) bond motifs is 1. The molecule has 1 atom stereocenters. The summed E-state index contributed by atoms with van der Waals surface area (Å²) >= 11 is 0. The Kier molecular flexibility index (Phi) is 3.12. The summed E-state index contributed by atoms with van der Waals surface area (Å²) < 4.78 is 26.5. The maximum absolute atomic E-state index is 13.2. The van der Waals surface area contributed by atoms with Gasteiger partial charge < -0.3 is 5.11 Å². The van der Waals surface area contributed by atoms with Gasteiger partial charge in [0.15, 0.2) is 0 Å². The van der Waals surface area contributed by atoms with Crippen molar-refractivity contribution in [3.8, 4) is 0 Å². The van der Waals surface area contributed by atoms with Crippen LogP contribution in [0.2, 0.25) is 0 Å². The molecule has 3 aromatic rings. The lowest BCUT2D eigenvalue weighted by atomic mass is 10.00. The van der Waals surface area contributed by atoms with Gasteiger partial charge in [0.25, 0.3) is 0 Å². The van der Waals surface area contributed by atoms with E-state index in [1.165, 1.54) is 6.20 Å². The number of para-hydroxylation sites is 1. The van der Waals surface area contributed by atoms with Crippen LogP contribution in [0.15, 0.2) is 48.8 Å². The molecule has 5 heteroatoms. The minimum atomic E-state index is -1.17. The molecule has 3 rings (SSSR count). The molecule has 1 heterocycles. The molecule has 0 aliphatic heterocycles. The van der Waals surface area contributed by atoms with Crippen molar-refractivity contribution in [1.29, 1.82) is 0 Å². The van der Waals surface area contributed by atoms with Crippen LogP contribution in [-0.2, 0) is 0 Å². The Bertz CT molecular complexity index is 751. The van der Waals surface area contributed by atoms with E-state index in [1.807, 2.05) is 0 Å². The predicted octanol–water partition coefficient (Wildman–Crippen LogP) is 2.99. The highest BCUT2D eigenvalue weighted by Crippen LogP contribution is 2.27. The summed E-state index contributed by atoms with van der Waals surface area (Å²) in [4.78, 5) is 8.29. The molecule has 0 radical (unpaired) electrons. The molecule has 1 aromatic heterocycles. The molecule has 0 bridgehead atoms. The molecule has 0 amide bonds. The first-order chi connectivity index (χ1) is 9.65. The lowest BCUT2D eigenvalue weighted by molar-refractivity contribution is 0.220. The van der Waals surface area contributed by atoms with Crippen molar-refractivity contribution in [3.63, 3.8) is 0 Å². The molecule has 0 spiro atoms. The summed E-state index contributed by atoms with van der Waals surface area (Å²) in [6, 6.07) is 8.09. The van der Waals surface area contributed by atoms with Gasteiger partial charge in [-0.1, -0.05) is 12.1 Å². The fourth-order valence-electron chi connectivity index (χ4n) is 2.15. The molecule has 0 fully saturated rings. The summed E-state index contributed by atoms with van der Waals surface area (Å²) in [6.45, 7) is 0. The number of benzene rings is 2. The maximum Gasteiger partial charge on any atom is 0.126 e. The van der Waals surface area contributed by atoms with Crippen molar-refractivity contribution in [2.45, 2.75) is 6.10 Å². The summed E-state index contributed by atoms with van der Waals surface area (Å²) in [5, 5.41) is 10.3. The van der Waals surface area contributed by atoms with E-state index in [2.05, 4.69) is 9.97 Å². The Morgan fingerprint density at radius 3 is 2.40 bits per heavy atom. The molecule has 0 saturated heterocycles. The van der Waals surface area contributed by atoms with Crippen molar-refractivity contribution < 1.29 is 13.9 Å². The van der Waals surface area contributed by atoms with Gasteiger partial charge in [0.1, 0.15) is 17.7 Å². The monoisotopic (exact) mass is 272 g/mol. The van der Waals surface area contributed by atoms with Crippen LogP contribution in [0.5, 0.6) is 0 Å². The smallest absolute Gasteiger partial charge is 0.126 e. The topological polar surface area (TPSA) is 46.0 Å². The molecule has 0 saturated carbocycles. The van der Waals surface area contributed by atoms with Crippen molar-refractivity contribution >= 4 is 11.0 Å². The van der Waals surface area contributed by atoms with Gasteiger partial charge in [0.05, 0.1) is 11.0 Å². The lowest BCUT2D eigenvalue weighted by Crippen LogP contribution is -2.03. The summed E-state index contributed by atoms with van der Waals surface area (Å²) in [5.74, 6) is -1.46. The Labute approximate surface area is 113 Å². The minimum Gasteiger partial charge on any atom is -0.384 e. The van der Waals surface area contributed by atoms with Crippen LogP contribution in [0.3, 0.4) is 0 Å². The third-order valence-electron chi connectivity index (χ3n) is 3.03. The molecule has 20 heavy (non-hydrogen) atoms. The Morgan fingerprint density at radius 2 is 1.65 bits per heavy atom. The Balaban J connectivity index is 2.15. The zero-order chi connectivity index (χ0) is 14.1. The Morgan fingerprint density at radius 1 is 0.950 bits per heavy atom. The second-order valence-corrected chi connectivity index (χ2v) is 4.38. The minimum absolute atomic E-state index is 0.139. The zero-order valence-electron chi connectivity index (χ0n) is 10.3. The van der Waals surface area contributed by atoms with Gasteiger partial charge in [0, 0.05) is 24.0 Å². The van der Waals surface area contributed by atoms with Crippen LogP contribution in [-0.4, -0.2) is 15.1 Å². The van der Waals surface area contributed by atoms with E-state index in [0.29, 0.717) is 16.6 Å². The number of hydrogen-bond acceptors (Lipinski definition) is 3. The van der Waals surface area contributed by atoms with Gasteiger partial charge in [0.2, 0.25) is 0 Å². The average Bonchev–Trinajstić information content (AvgIpc) is 2.45. The number of aromatic nitrogens is 2. The maximum atomic E-state index is 13.2. The van der Waals surface area contributed by atoms with E-state index in [9.17, 15) is 13.9 Å². The van der Waals surface area contributed by atoms with Crippen LogP contribution >= 0.6 is 0 Å². The highest BCUT2D eigenvalue weighted by atomic mass is 19.1. The van der Waals surface area contributed by atoms with E-state index in [4.69, 9.17) is 0 Å². The average molecular weight is 272 g/mol. The molecule has 3 nitrogen and oxygen atoms in total. The van der Waals surface area contributed by atoms with Gasteiger partial charge in [-0.05, 0) is 23.8 Å². The fraction of sp³-hybridized carbons (Fsp3) is 0.0667. The number of aliphatic hydroxyl groups excluding tert-OH is 1. The van der Waals surface area contributed by atoms with Gasteiger partial charge in [-0.3, -0.25) is 9.97 Å². The highest BCUT2D eigenvalue weighted by molar-refractivity contribution is 5.78. The molecule has 0 aliphatic carbocycles.